The van der Waals surface area contributed by atoms with Crippen molar-refractivity contribution in [3.8, 4) is 0 Å². The first kappa shape index (κ1) is 14.5. The number of aliphatic hydroxyl groups excluding tert-OH is 1. The van der Waals surface area contributed by atoms with Gasteiger partial charge in [0, 0.05) is 38.6 Å². The normalized spacial score (nSPS) is 30.5. The average molecular weight is 292 g/mol. The lowest BCUT2D eigenvalue weighted by Crippen LogP contribution is -2.61. The van der Waals surface area contributed by atoms with Crippen LogP contribution in [0.15, 0.2) is 18.7 Å². The number of nitrogens with zero attached hydrogens (tertiary/aromatic N) is 3. The lowest BCUT2D eigenvalue weighted by molar-refractivity contribution is -0.149. The maximum absolute atomic E-state index is 12.3. The minimum Gasteiger partial charge on any atom is -0.392 e. The van der Waals surface area contributed by atoms with Crippen molar-refractivity contribution in [3.63, 3.8) is 0 Å². The molecule has 3 heterocycles. The quantitative estimate of drug-likeness (QED) is 0.834. The molecule has 2 aliphatic rings. The molecule has 1 spiro atoms. The van der Waals surface area contributed by atoms with Crippen molar-refractivity contribution in [1.82, 2.24) is 19.8 Å². The second kappa shape index (κ2) is 6.15. The minimum atomic E-state index is -0.578. The zero-order valence-electron chi connectivity index (χ0n) is 12.4. The third kappa shape index (κ3) is 2.96. The van der Waals surface area contributed by atoms with Crippen molar-refractivity contribution in [3.05, 3.63) is 18.7 Å². The van der Waals surface area contributed by atoms with Crippen molar-refractivity contribution in [1.29, 1.82) is 0 Å². The lowest BCUT2D eigenvalue weighted by Gasteiger charge is -2.47. The molecule has 0 radical (unpaired) electrons. The second-order valence-electron chi connectivity index (χ2n) is 6.25. The van der Waals surface area contributed by atoms with Crippen LogP contribution >= 0.6 is 0 Å². The van der Waals surface area contributed by atoms with Gasteiger partial charge < -0.3 is 19.9 Å². The van der Waals surface area contributed by atoms with E-state index in [1.165, 1.54) is 0 Å². The minimum absolute atomic E-state index is 0.0422. The summed E-state index contributed by atoms with van der Waals surface area (Å²) in [4.78, 5) is 18.6. The predicted octanol–water partition coefficient (Wildman–Crippen LogP) is 0.236. The number of nitrogens with one attached hydrogen (secondary N) is 1. The van der Waals surface area contributed by atoms with Crippen LogP contribution in [0.4, 0.5) is 0 Å². The highest BCUT2D eigenvalue weighted by molar-refractivity contribution is 5.84. The number of piperidine rings is 2. The van der Waals surface area contributed by atoms with E-state index in [2.05, 4.69) is 19.8 Å². The van der Waals surface area contributed by atoms with Crippen LogP contribution in [0.2, 0.25) is 0 Å². The highest BCUT2D eigenvalue weighted by Crippen LogP contribution is 2.37. The molecule has 2 saturated heterocycles. The number of hydrogen-bond donors (Lipinski definition) is 2. The largest absolute Gasteiger partial charge is 0.392 e. The molecule has 0 bridgehead atoms. The van der Waals surface area contributed by atoms with Gasteiger partial charge in [0.05, 0.1) is 17.8 Å². The summed E-state index contributed by atoms with van der Waals surface area (Å²) in [7, 11) is 0. The SMILES string of the molecule is O=C1NCCC[C@]12CN(CCCn1ccnc1)CC[C@@H]2O. The predicted molar refractivity (Wildman–Crippen MR) is 78.6 cm³/mol. The van der Waals surface area contributed by atoms with E-state index >= 15 is 0 Å². The summed E-state index contributed by atoms with van der Waals surface area (Å²) in [5.74, 6) is 0.0422. The first-order chi connectivity index (χ1) is 10.2. The van der Waals surface area contributed by atoms with Crippen molar-refractivity contribution in [2.75, 3.05) is 26.2 Å². The number of carbonyl (C=O) groups excluding carboxylic acids is 1. The standard InChI is InChI=1S/C15H24N4O2/c20-13-3-9-18(7-2-8-19-10-6-16-12-19)11-15(13)4-1-5-17-14(15)21/h6,10,12-13,20H,1-5,7-9,11H2,(H,17,21)/t13-,15+/m0/s1. The molecular formula is C15H24N4O2. The Balaban J connectivity index is 1.56. The third-order valence-corrected chi connectivity index (χ3v) is 4.85. The van der Waals surface area contributed by atoms with Crippen molar-refractivity contribution in [2.45, 2.75) is 38.3 Å². The van der Waals surface area contributed by atoms with Crippen molar-refractivity contribution >= 4 is 5.91 Å². The van der Waals surface area contributed by atoms with Crippen LogP contribution in [0, 0.1) is 5.41 Å². The summed E-state index contributed by atoms with van der Waals surface area (Å²) in [5.41, 5.74) is -0.578. The van der Waals surface area contributed by atoms with E-state index in [1.54, 1.807) is 6.20 Å². The summed E-state index contributed by atoms with van der Waals surface area (Å²) < 4.78 is 2.07. The number of amides is 1. The highest BCUT2D eigenvalue weighted by Gasteiger charge is 2.49. The van der Waals surface area contributed by atoms with Gasteiger partial charge in [-0.15, -0.1) is 0 Å². The highest BCUT2D eigenvalue weighted by atomic mass is 16.3. The molecule has 0 saturated carbocycles. The van der Waals surface area contributed by atoms with Crippen LogP contribution < -0.4 is 5.32 Å². The van der Waals surface area contributed by atoms with Gasteiger partial charge in [-0.2, -0.15) is 0 Å². The summed E-state index contributed by atoms with van der Waals surface area (Å²) >= 11 is 0. The maximum atomic E-state index is 12.3. The van der Waals surface area contributed by atoms with Crippen LogP contribution in [0.1, 0.15) is 25.7 Å². The first-order valence-corrected chi connectivity index (χ1v) is 7.85. The van der Waals surface area contributed by atoms with Crippen LogP contribution in [-0.2, 0) is 11.3 Å². The number of aromatic nitrogens is 2. The molecule has 3 rings (SSSR count). The fraction of sp³-hybridized carbons (Fsp3) is 0.733. The van der Waals surface area contributed by atoms with Crippen LogP contribution in [0.3, 0.4) is 0 Å². The maximum Gasteiger partial charge on any atom is 0.230 e. The number of likely N-dealkylation sites (tertiary alicyclic amines) is 1. The molecule has 2 aliphatic heterocycles. The molecule has 6 heteroatoms. The Morgan fingerprint density at radius 1 is 1.48 bits per heavy atom. The number of aryl methyl sites for hydroxylation is 1. The monoisotopic (exact) mass is 292 g/mol. The Labute approximate surface area is 125 Å². The topological polar surface area (TPSA) is 70.4 Å². The fourth-order valence-electron chi connectivity index (χ4n) is 3.62. The van der Waals surface area contributed by atoms with Gasteiger partial charge in [0.15, 0.2) is 0 Å². The van der Waals surface area contributed by atoms with E-state index < -0.39 is 11.5 Å². The van der Waals surface area contributed by atoms with Gasteiger partial charge in [-0.1, -0.05) is 0 Å². The van der Waals surface area contributed by atoms with Gasteiger partial charge >= 0.3 is 0 Å². The second-order valence-corrected chi connectivity index (χ2v) is 6.25. The summed E-state index contributed by atoms with van der Waals surface area (Å²) in [6.07, 6.45) is 8.58. The van der Waals surface area contributed by atoms with Gasteiger partial charge in [0.2, 0.25) is 5.91 Å². The first-order valence-electron chi connectivity index (χ1n) is 7.85. The molecule has 2 N–H and O–H groups in total. The molecule has 0 unspecified atom stereocenters. The van der Waals surface area contributed by atoms with Crippen LogP contribution in [-0.4, -0.2) is 57.7 Å². The smallest absolute Gasteiger partial charge is 0.230 e. The van der Waals surface area contributed by atoms with Gasteiger partial charge in [0.25, 0.3) is 0 Å². The summed E-state index contributed by atoms with van der Waals surface area (Å²) in [5, 5.41) is 13.3. The van der Waals surface area contributed by atoms with E-state index in [0.29, 0.717) is 13.0 Å². The van der Waals surface area contributed by atoms with E-state index in [0.717, 1.165) is 45.4 Å². The molecule has 2 atom stereocenters. The molecule has 0 aliphatic carbocycles. The zero-order chi connectivity index (χ0) is 14.7. The molecular weight excluding hydrogens is 268 g/mol. The van der Waals surface area contributed by atoms with Crippen LogP contribution in [0.25, 0.3) is 0 Å². The molecule has 21 heavy (non-hydrogen) atoms. The molecule has 2 fully saturated rings. The molecule has 116 valence electrons. The van der Waals surface area contributed by atoms with Crippen molar-refractivity contribution < 1.29 is 9.90 Å². The number of carbonyl (C=O) groups is 1. The van der Waals surface area contributed by atoms with E-state index in [9.17, 15) is 9.90 Å². The van der Waals surface area contributed by atoms with Gasteiger partial charge in [0.1, 0.15) is 0 Å². The lowest BCUT2D eigenvalue weighted by atomic mass is 9.71. The summed E-state index contributed by atoms with van der Waals surface area (Å²) in [6, 6.07) is 0. The van der Waals surface area contributed by atoms with E-state index in [-0.39, 0.29) is 5.91 Å². The Kier molecular flexibility index (Phi) is 4.26. The Morgan fingerprint density at radius 2 is 2.38 bits per heavy atom. The van der Waals surface area contributed by atoms with Crippen molar-refractivity contribution in [2.24, 2.45) is 5.41 Å². The van der Waals surface area contributed by atoms with E-state index in [1.807, 2.05) is 12.5 Å². The number of aliphatic hydroxyl groups is 1. The average Bonchev–Trinajstić information content (AvgIpc) is 2.99. The van der Waals surface area contributed by atoms with Gasteiger partial charge in [-0.05, 0) is 32.2 Å². The Morgan fingerprint density at radius 3 is 3.14 bits per heavy atom. The Hall–Kier alpha value is -1.40. The molecule has 1 aromatic heterocycles. The molecule has 6 nitrogen and oxygen atoms in total. The molecule has 1 aromatic rings. The number of hydrogen-bond acceptors (Lipinski definition) is 4. The zero-order valence-corrected chi connectivity index (χ0v) is 12.4. The van der Waals surface area contributed by atoms with Gasteiger partial charge in [-0.3, -0.25) is 4.79 Å². The molecule has 0 aromatic carbocycles. The summed E-state index contributed by atoms with van der Waals surface area (Å²) in [6.45, 7) is 4.20. The Bertz CT molecular complexity index is 476. The van der Waals surface area contributed by atoms with Crippen LogP contribution in [0.5, 0.6) is 0 Å². The molecule has 1 amide bonds. The third-order valence-electron chi connectivity index (χ3n) is 4.85. The fourth-order valence-corrected chi connectivity index (χ4v) is 3.62. The number of imidazole rings is 1. The van der Waals surface area contributed by atoms with Gasteiger partial charge in [-0.25, -0.2) is 4.98 Å². The van der Waals surface area contributed by atoms with E-state index in [4.69, 9.17) is 0 Å². The number of rotatable bonds is 4.